The predicted octanol–water partition coefficient (Wildman–Crippen LogP) is 3.85. The summed E-state index contributed by atoms with van der Waals surface area (Å²) in [7, 11) is 11.4. The molecule has 8 aromatic carbocycles. The van der Waals surface area contributed by atoms with Crippen molar-refractivity contribution in [2.24, 2.45) is 0 Å². The van der Waals surface area contributed by atoms with Crippen LogP contribution >= 0.6 is 0 Å². The second-order valence-electron chi connectivity index (χ2n) is 13.8. The normalized spacial score (nSPS) is 11.6. The molecule has 0 amide bonds. The molecule has 1 nitrogen and oxygen atoms in total. The lowest BCUT2D eigenvalue weighted by molar-refractivity contribution is 0.669. The molecule has 0 aliphatic carbocycles. The number of benzene rings is 8. The summed E-state index contributed by atoms with van der Waals surface area (Å²) in [6.45, 7) is 0. The Bertz CT molecular complexity index is 2720. The van der Waals surface area contributed by atoms with E-state index < -0.39 is 0 Å². The van der Waals surface area contributed by atoms with Gasteiger partial charge in [0.2, 0.25) is 0 Å². The van der Waals surface area contributed by atoms with E-state index in [-0.39, 0.29) is 0 Å². The van der Waals surface area contributed by atoms with E-state index in [4.69, 9.17) is 4.42 Å². The minimum absolute atomic E-state index is 0.905. The van der Waals surface area contributed by atoms with Crippen molar-refractivity contribution in [1.29, 1.82) is 0 Å². The van der Waals surface area contributed by atoms with Crippen LogP contribution < -0.4 is 27.3 Å². The Morgan fingerprint density at radius 1 is 0.280 bits per heavy atom. The lowest BCUT2D eigenvalue weighted by Gasteiger charge is -2.24. The Morgan fingerprint density at radius 2 is 0.660 bits per heavy atom. The highest BCUT2D eigenvalue weighted by Crippen LogP contribution is 2.44. The molecule has 0 aliphatic heterocycles. The zero-order chi connectivity index (χ0) is 34.1. The van der Waals surface area contributed by atoms with Crippen molar-refractivity contribution in [3.8, 4) is 44.5 Å². The quantitative estimate of drug-likeness (QED) is 0.213. The van der Waals surface area contributed by atoms with Gasteiger partial charge in [-0.05, 0) is 90.3 Å². The fourth-order valence-corrected chi connectivity index (χ4v) is 8.18. The molecule has 0 bridgehead atoms. The van der Waals surface area contributed by atoms with Crippen molar-refractivity contribution in [1.82, 2.24) is 0 Å². The van der Waals surface area contributed by atoms with E-state index in [2.05, 4.69) is 179 Å². The second-order valence-corrected chi connectivity index (χ2v) is 13.8. The molecule has 0 fully saturated rings. The van der Waals surface area contributed by atoms with E-state index >= 15 is 0 Å². The maximum absolute atomic E-state index is 6.42. The molecular weight excluding hydrogens is 599 g/mol. The van der Waals surface area contributed by atoms with E-state index in [1.807, 2.05) is 0 Å². The van der Waals surface area contributed by atoms with Crippen molar-refractivity contribution in [2.45, 2.75) is 0 Å². The third-order valence-electron chi connectivity index (χ3n) is 11.3. The zero-order valence-corrected chi connectivity index (χ0v) is 29.2. The summed E-state index contributed by atoms with van der Waals surface area (Å²) in [6, 6.07) is 50.6. The summed E-state index contributed by atoms with van der Waals surface area (Å²) in [5, 5.41) is 7.37. The van der Waals surface area contributed by atoms with Gasteiger partial charge in [-0.3, -0.25) is 0 Å². The standard InChI is InChI=1S/C44H33B5O/c45-40-39(41(46)43(48)44(49)42(40)47)38-31-12-6-4-10-29(31)37(30-11-5-7-13-32(30)38)28-19-21-36-34(23-28)33-22-27(18-20-35(33)50-36)26-16-14-25(15-17-26)24-8-2-1-3-9-24/h1-23H,45-49H2. The molecule has 0 N–H and O–H groups in total. The number of hydrogen-bond acceptors (Lipinski definition) is 1. The molecule has 0 aliphatic rings. The second kappa shape index (κ2) is 11.8. The SMILES string of the molecule is Bc1c(B)c(B)c(-c2c3ccccc3c(-c3ccc4oc5ccc(-c6ccc(-c7ccccc7)cc6)cc5c4c3)c3ccccc23)c(B)c1B. The highest BCUT2D eigenvalue weighted by atomic mass is 16.3. The molecular formula is C44H33B5O. The van der Waals surface area contributed by atoms with Gasteiger partial charge in [-0.2, -0.15) is 0 Å². The summed E-state index contributed by atoms with van der Waals surface area (Å²) < 4.78 is 6.42. The summed E-state index contributed by atoms with van der Waals surface area (Å²) >= 11 is 0. The number of furan rings is 1. The Morgan fingerprint density at radius 3 is 1.20 bits per heavy atom. The molecule has 6 heteroatoms. The smallest absolute Gasteiger partial charge is 0.139 e. The van der Waals surface area contributed by atoms with Crippen LogP contribution in [0.2, 0.25) is 0 Å². The first kappa shape index (κ1) is 30.5. The van der Waals surface area contributed by atoms with Gasteiger partial charge in [0.05, 0.1) is 0 Å². The highest BCUT2D eigenvalue weighted by molar-refractivity contribution is 6.69. The van der Waals surface area contributed by atoms with Crippen LogP contribution in [0.3, 0.4) is 0 Å². The van der Waals surface area contributed by atoms with Gasteiger partial charge in [0, 0.05) is 10.8 Å². The third kappa shape index (κ3) is 4.70. The van der Waals surface area contributed by atoms with Gasteiger partial charge in [-0.25, -0.2) is 0 Å². The zero-order valence-electron chi connectivity index (χ0n) is 29.2. The molecule has 230 valence electrons. The number of fused-ring (bicyclic) bond motifs is 5. The van der Waals surface area contributed by atoms with Crippen LogP contribution in [-0.4, -0.2) is 39.2 Å². The first-order valence-corrected chi connectivity index (χ1v) is 17.5. The monoisotopic (exact) mass is 632 g/mol. The Kier molecular flexibility index (Phi) is 7.18. The van der Waals surface area contributed by atoms with E-state index in [1.165, 1.54) is 93.4 Å². The van der Waals surface area contributed by atoms with Gasteiger partial charge in [0.1, 0.15) is 50.4 Å². The average Bonchev–Trinajstić information content (AvgIpc) is 3.54. The Hall–Kier alpha value is -5.60. The van der Waals surface area contributed by atoms with Gasteiger partial charge in [-0.1, -0.05) is 126 Å². The van der Waals surface area contributed by atoms with Gasteiger partial charge in [0.15, 0.2) is 0 Å². The fourth-order valence-electron chi connectivity index (χ4n) is 8.18. The van der Waals surface area contributed by atoms with Crippen LogP contribution in [0, 0.1) is 0 Å². The van der Waals surface area contributed by atoms with Gasteiger partial charge >= 0.3 is 0 Å². The van der Waals surface area contributed by atoms with Crippen molar-refractivity contribution in [3.05, 3.63) is 140 Å². The molecule has 0 atom stereocenters. The van der Waals surface area contributed by atoms with Crippen LogP contribution in [0.1, 0.15) is 0 Å². The average molecular weight is 632 g/mol. The van der Waals surface area contributed by atoms with Crippen molar-refractivity contribution in [3.63, 3.8) is 0 Å². The van der Waals surface area contributed by atoms with Crippen molar-refractivity contribution in [2.75, 3.05) is 0 Å². The van der Waals surface area contributed by atoms with Gasteiger partial charge in [-0.15, -0.1) is 16.4 Å². The number of rotatable bonds is 4. The lowest BCUT2D eigenvalue weighted by Crippen LogP contribution is -2.55. The summed E-state index contributed by atoms with van der Waals surface area (Å²) in [5.41, 5.74) is 18.7. The molecule has 0 saturated carbocycles. The maximum Gasteiger partial charge on any atom is 0.139 e. The highest BCUT2D eigenvalue weighted by Gasteiger charge is 2.21. The van der Waals surface area contributed by atoms with E-state index in [0.717, 1.165) is 21.9 Å². The topological polar surface area (TPSA) is 13.1 Å². The number of hydrogen-bond donors (Lipinski definition) is 0. The largest absolute Gasteiger partial charge is 0.456 e. The van der Waals surface area contributed by atoms with Crippen molar-refractivity contribution < 1.29 is 4.42 Å². The molecule has 0 saturated heterocycles. The minimum atomic E-state index is 0.905. The molecule has 1 heterocycles. The van der Waals surface area contributed by atoms with Crippen LogP contribution in [-0.2, 0) is 0 Å². The van der Waals surface area contributed by atoms with Gasteiger partial charge < -0.3 is 4.42 Å². The first-order chi connectivity index (χ1) is 24.4. The Labute approximate surface area is 297 Å². The minimum Gasteiger partial charge on any atom is -0.456 e. The molecule has 0 spiro atoms. The predicted molar refractivity (Wildman–Crippen MR) is 231 cm³/mol. The molecule has 50 heavy (non-hydrogen) atoms. The first-order valence-electron chi connectivity index (χ1n) is 17.5. The summed E-state index contributed by atoms with van der Waals surface area (Å²) in [5.74, 6) is 0. The molecule has 0 radical (unpaired) electrons. The molecule has 9 rings (SSSR count). The van der Waals surface area contributed by atoms with E-state index in [1.54, 1.807) is 0 Å². The lowest BCUT2D eigenvalue weighted by atomic mass is 9.59. The van der Waals surface area contributed by atoms with E-state index in [0.29, 0.717) is 0 Å². The molecule has 1 aromatic heterocycles. The van der Waals surface area contributed by atoms with Gasteiger partial charge in [0.25, 0.3) is 0 Å². The third-order valence-corrected chi connectivity index (χ3v) is 11.3. The van der Waals surface area contributed by atoms with Crippen LogP contribution in [0.15, 0.2) is 144 Å². The Balaban J connectivity index is 1.25. The molecule has 9 aromatic rings. The van der Waals surface area contributed by atoms with Crippen LogP contribution in [0.4, 0.5) is 0 Å². The van der Waals surface area contributed by atoms with Crippen molar-refractivity contribution >= 4 is 110 Å². The van der Waals surface area contributed by atoms with Crippen LogP contribution in [0.25, 0.3) is 88.0 Å². The molecule has 0 unspecified atom stereocenters. The summed E-state index contributed by atoms with van der Waals surface area (Å²) in [6.07, 6.45) is 0. The summed E-state index contributed by atoms with van der Waals surface area (Å²) in [4.78, 5) is 0. The van der Waals surface area contributed by atoms with Crippen LogP contribution in [0.5, 0.6) is 0 Å². The fraction of sp³-hybridized carbons (Fsp3) is 0. The van der Waals surface area contributed by atoms with E-state index in [9.17, 15) is 0 Å². The maximum atomic E-state index is 6.42.